The van der Waals surface area contributed by atoms with Crippen LogP contribution in [0.1, 0.15) is 45.2 Å². The first-order valence-electron chi connectivity index (χ1n) is 15.9. The van der Waals surface area contributed by atoms with Crippen molar-refractivity contribution < 1.29 is 36.1 Å². The Balaban J connectivity index is 1.49. The topological polar surface area (TPSA) is 126 Å². The zero-order valence-electron chi connectivity index (χ0n) is 27.8. The van der Waals surface area contributed by atoms with Crippen LogP contribution in [0.5, 0.6) is 17.2 Å². The number of hydrogen-bond donors (Lipinski definition) is 0. The van der Waals surface area contributed by atoms with Gasteiger partial charge in [-0.1, -0.05) is 71.8 Å². The predicted octanol–water partition coefficient (Wildman–Crippen LogP) is 8.48. The molecule has 0 amide bonds. The third kappa shape index (κ3) is 7.82. The van der Waals surface area contributed by atoms with Gasteiger partial charge in [-0.05, 0) is 80.8 Å². The lowest BCUT2D eigenvalue weighted by molar-refractivity contribution is 0.0724. The van der Waals surface area contributed by atoms with E-state index >= 15 is 0 Å². The van der Waals surface area contributed by atoms with Gasteiger partial charge in [0.2, 0.25) is 5.43 Å². The largest absolute Gasteiger partial charge is 0.463 e. The molecule has 0 bridgehead atoms. The summed E-state index contributed by atoms with van der Waals surface area (Å²) in [5, 5.41) is -0.168. The molecule has 0 aliphatic heterocycles. The molecule has 0 N–H and O–H groups in total. The van der Waals surface area contributed by atoms with Gasteiger partial charge in [0.25, 0.3) is 0 Å². The van der Waals surface area contributed by atoms with Crippen molar-refractivity contribution in [3.8, 4) is 28.4 Å². The summed E-state index contributed by atoms with van der Waals surface area (Å²) in [6.07, 6.45) is 1.70. The molecule has 9 nitrogen and oxygen atoms in total. The second kappa shape index (κ2) is 14.7. The molecule has 6 aromatic rings. The Morgan fingerprint density at radius 3 is 1.96 bits per heavy atom. The predicted molar refractivity (Wildman–Crippen MR) is 193 cm³/mol. The monoisotopic (exact) mass is 700 g/mol. The molecule has 0 radical (unpaired) electrons. The Labute approximate surface area is 294 Å². The third-order valence-corrected chi connectivity index (χ3v) is 9.22. The van der Waals surface area contributed by atoms with Crippen molar-refractivity contribution in [3.63, 3.8) is 0 Å². The maximum Gasteiger partial charge on any atom is 0.343 e. The molecule has 256 valence electrons. The lowest BCUT2D eigenvalue weighted by Crippen LogP contribution is -2.16. The minimum Gasteiger partial charge on any atom is -0.463 e. The van der Waals surface area contributed by atoms with Crippen LogP contribution in [0, 0.1) is 6.92 Å². The van der Waals surface area contributed by atoms with Gasteiger partial charge in [0.05, 0.1) is 16.7 Å². The fourth-order valence-corrected chi connectivity index (χ4v) is 6.24. The van der Waals surface area contributed by atoms with Crippen molar-refractivity contribution in [2.45, 2.75) is 31.6 Å². The molecule has 0 aliphatic carbocycles. The zero-order chi connectivity index (χ0) is 36.1. The van der Waals surface area contributed by atoms with Gasteiger partial charge in [-0.3, -0.25) is 4.79 Å². The van der Waals surface area contributed by atoms with Gasteiger partial charge < -0.3 is 18.1 Å². The number of allylic oxidation sites excluding steroid dienone is 1. The van der Waals surface area contributed by atoms with Crippen molar-refractivity contribution in [2.24, 2.45) is 0 Å². The van der Waals surface area contributed by atoms with Crippen LogP contribution in [-0.2, 0) is 16.5 Å². The number of esters is 2. The summed E-state index contributed by atoms with van der Waals surface area (Å²) in [4.78, 5) is 40.0. The second-order valence-corrected chi connectivity index (χ2v) is 13.4. The van der Waals surface area contributed by atoms with Crippen molar-refractivity contribution in [2.75, 3.05) is 0 Å². The maximum absolute atomic E-state index is 14.4. The second-order valence-electron chi connectivity index (χ2n) is 11.9. The summed E-state index contributed by atoms with van der Waals surface area (Å²) in [6.45, 7) is 7.58. The van der Waals surface area contributed by atoms with E-state index in [1.807, 2.05) is 6.92 Å². The molecule has 0 aliphatic rings. The van der Waals surface area contributed by atoms with Crippen LogP contribution in [0.3, 0.4) is 0 Å². The normalized spacial score (nSPS) is 11.2. The molecule has 0 saturated heterocycles. The fourth-order valence-electron chi connectivity index (χ4n) is 5.27. The van der Waals surface area contributed by atoms with Gasteiger partial charge in [0.1, 0.15) is 33.6 Å². The lowest BCUT2D eigenvalue weighted by Gasteiger charge is -2.18. The smallest absolute Gasteiger partial charge is 0.343 e. The molecule has 0 fully saturated rings. The van der Waals surface area contributed by atoms with Crippen molar-refractivity contribution in [1.29, 1.82) is 0 Å². The molecular weight excluding hydrogens is 669 g/mol. The number of aryl methyl sites for hydroxylation is 1. The Kier molecular flexibility index (Phi) is 9.97. The number of rotatable bonds is 11. The standard InChI is InChI=1S/C41H32O9S/c1-26(2)14-23-33-35(49-41(44)30-12-8-5-9-13-30)24-36-37(39(33)50-51(45,46)32-21-15-27(3)16-22-32)38(42)34(25-47-36)28-17-19-31(20-18-28)48-40(43)29-10-6-4-7-11-29/h4-13,15-22,24-25H,1,14,23H2,2-3H3. The summed E-state index contributed by atoms with van der Waals surface area (Å²) in [5.41, 5.74) is 2.21. The van der Waals surface area contributed by atoms with Crippen molar-refractivity contribution in [3.05, 3.63) is 166 Å². The Morgan fingerprint density at radius 2 is 1.37 bits per heavy atom. The summed E-state index contributed by atoms with van der Waals surface area (Å²) >= 11 is 0. The summed E-state index contributed by atoms with van der Waals surface area (Å²) < 4.78 is 50.7. The molecule has 1 aromatic heterocycles. The van der Waals surface area contributed by atoms with Crippen LogP contribution in [-0.4, -0.2) is 20.4 Å². The molecule has 10 heteroatoms. The van der Waals surface area contributed by atoms with E-state index in [-0.39, 0.29) is 56.2 Å². The average molecular weight is 701 g/mol. The first-order valence-corrected chi connectivity index (χ1v) is 17.3. The zero-order valence-corrected chi connectivity index (χ0v) is 28.6. The number of fused-ring (bicyclic) bond motifs is 1. The highest BCUT2D eigenvalue weighted by molar-refractivity contribution is 7.87. The lowest BCUT2D eigenvalue weighted by atomic mass is 9.99. The Hall–Kier alpha value is -6.26. The highest BCUT2D eigenvalue weighted by Crippen LogP contribution is 2.40. The average Bonchev–Trinajstić information content (AvgIpc) is 3.12. The van der Waals surface area contributed by atoms with Crippen LogP contribution >= 0.6 is 0 Å². The molecule has 0 atom stereocenters. The quantitative estimate of drug-likeness (QED) is 0.0566. The maximum atomic E-state index is 14.4. The van der Waals surface area contributed by atoms with Gasteiger partial charge >= 0.3 is 22.1 Å². The highest BCUT2D eigenvalue weighted by Gasteiger charge is 2.28. The molecule has 1 heterocycles. The van der Waals surface area contributed by atoms with Gasteiger partial charge in [0.15, 0.2) is 5.75 Å². The van der Waals surface area contributed by atoms with Gasteiger partial charge in [-0.25, -0.2) is 9.59 Å². The number of ether oxygens (including phenoxy) is 2. The number of carbonyl (C=O) groups excluding carboxylic acids is 2. The molecule has 0 spiro atoms. The molecule has 5 aromatic carbocycles. The van der Waals surface area contributed by atoms with Crippen molar-refractivity contribution in [1.82, 2.24) is 0 Å². The van der Waals surface area contributed by atoms with Gasteiger partial charge in [0, 0.05) is 11.6 Å². The van der Waals surface area contributed by atoms with E-state index in [9.17, 15) is 22.8 Å². The van der Waals surface area contributed by atoms with Gasteiger partial charge in [-0.15, -0.1) is 6.58 Å². The summed E-state index contributed by atoms with van der Waals surface area (Å²) in [5.74, 6) is -1.36. The van der Waals surface area contributed by atoms with E-state index in [2.05, 4.69) is 6.58 Å². The first-order chi connectivity index (χ1) is 24.5. The molecular formula is C41H32O9S. The van der Waals surface area contributed by atoms with Gasteiger partial charge in [-0.2, -0.15) is 8.42 Å². The van der Waals surface area contributed by atoms with E-state index in [1.165, 1.54) is 36.6 Å². The van der Waals surface area contributed by atoms with Crippen molar-refractivity contribution >= 4 is 33.0 Å². The van der Waals surface area contributed by atoms with E-state index in [4.69, 9.17) is 18.1 Å². The van der Waals surface area contributed by atoms with Crippen LogP contribution in [0.25, 0.3) is 22.1 Å². The summed E-state index contributed by atoms with van der Waals surface area (Å²) in [7, 11) is -4.51. The first kappa shape index (κ1) is 34.6. The minimum atomic E-state index is -4.51. The van der Waals surface area contributed by atoms with Crippen LogP contribution < -0.4 is 19.1 Å². The highest BCUT2D eigenvalue weighted by atomic mass is 32.2. The van der Waals surface area contributed by atoms with E-state index in [0.717, 1.165) is 11.1 Å². The molecule has 51 heavy (non-hydrogen) atoms. The van der Waals surface area contributed by atoms with E-state index in [1.54, 1.807) is 91.9 Å². The number of hydrogen-bond acceptors (Lipinski definition) is 9. The van der Waals surface area contributed by atoms with E-state index < -0.39 is 27.5 Å². The molecule has 0 unspecified atom stereocenters. The number of carbonyl (C=O) groups is 2. The Morgan fingerprint density at radius 1 is 0.784 bits per heavy atom. The third-order valence-electron chi connectivity index (χ3n) is 7.98. The molecule has 6 rings (SSSR count). The van der Waals surface area contributed by atoms with Crippen LogP contribution in [0.15, 0.2) is 148 Å². The SMILES string of the molecule is C=C(C)CCc1c(OC(=O)c2ccccc2)cc2occ(-c3ccc(OC(=O)c4ccccc4)cc3)c(=O)c2c1OS(=O)(=O)c1ccc(C)cc1. The summed E-state index contributed by atoms with van der Waals surface area (Å²) in [6, 6.07) is 30.4. The minimum absolute atomic E-state index is 0.0350. The number of benzene rings is 5. The van der Waals surface area contributed by atoms with Crippen LogP contribution in [0.2, 0.25) is 0 Å². The fraction of sp³-hybridized carbons (Fsp3) is 0.0976. The Bertz CT molecular complexity index is 2420. The van der Waals surface area contributed by atoms with E-state index in [0.29, 0.717) is 17.5 Å². The van der Waals surface area contributed by atoms with Crippen LogP contribution in [0.4, 0.5) is 0 Å². The molecule has 0 saturated carbocycles.